The number of Topliss-reactive ketones (excluding diaryl/α,β-unsaturated/α-hetero) is 1. The molecule has 0 spiro atoms. The van der Waals surface area contributed by atoms with E-state index in [0.717, 1.165) is 6.26 Å². The van der Waals surface area contributed by atoms with E-state index in [0.29, 0.717) is 11.3 Å². The van der Waals surface area contributed by atoms with Gasteiger partial charge in [0.1, 0.15) is 0 Å². The monoisotopic (exact) mass is 417 g/mol. The number of hydrogen-bond acceptors (Lipinski definition) is 6. The Kier molecular flexibility index (Phi) is 6.92. The molecule has 0 saturated carbocycles. The Bertz CT molecular complexity index is 1010. The zero-order chi connectivity index (χ0) is 21.8. The second kappa shape index (κ2) is 9.00. The molecular formula is C21H23NO6S. The van der Waals surface area contributed by atoms with E-state index in [9.17, 15) is 22.8 Å². The average molecular weight is 417 g/mol. The van der Waals surface area contributed by atoms with E-state index >= 15 is 0 Å². The second-order valence-corrected chi connectivity index (χ2v) is 8.95. The fourth-order valence-corrected chi connectivity index (χ4v) is 2.99. The summed E-state index contributed by atoms with van der Waals surface area (Å²) in [6, 6.07) is 11.6. The van der Waals surface area contributed by atoms with E-state index in [2.05, 4.69) is 5.32 Å². The van der Waals surface area contributed by atoms with Crippen LogP contribution in [0.15, 0.2) is 53.4 Å². The summed E-state index contributed by atoms with van der Waals surface area (Å²) in [4.78, 5) is 36.5. The lowest BCUT2D eigenvalue weighted by atomic mass is 10.1. The minimum Gasteiger partial charge on any atom is -0.451 e. The summed E-state index contributed by atoms with van der Waals surface area (Å²) in [6.07, 6.45) is 0.0360. The molecule has 0 saturated heterocycles. The van der Waals surface area contributed by atoms with E-state index in [1.54, 1.807) is 38.1 Å². The predicted octanol–water partition coefficient (Wildman–Crippen LogP) is 3.11. The van der Waals surface area contributed by atoms with Gasteiger partial charge in [-0.05, 0) is 55.5 Å². The van der Waals surface area contributed by atoms with Gasteiger partial charge in [0.2, 0.25) is 11.7 Å². The molecule has 8 heteroatoms. The highest BCUT2D eigenvalue weighted by molar-refractivity contribution is 7.90. The minimum absolute atomic E-state index is 0.0859. The first-order chi connectivity index (χ1) is 13.5. The second-order valence-electron chi connectivity index (χ2n) is 6.93. The van der Waals surface area contributed by atoms with Crippen LogP contribution >= 0.6 is 0 Å². The number of rotatable bonds is 7. The molecule has 29 heavy (non-hydrogen) atoms. The van der Waals surface area contributed by atoms with Crippen LogP contribution in [0.4, 0.5) is 5.69 Å². The maximum absolute atomic E-state index is 12.5. The molecule has 0 aliphatic carbocycles. The molecule has 0 aliphatic heterocycles. The van der Waals surface area contributed by atoms with Crippen LogP contribution in [0.2, 0.25) is 0 Å². The van der Waals surface area contributed by atoms with Gasteiger partial charge in [-0.1, -0.05) is 13.8 Å². The van der Waals surface area contributed by atoms with E-state index in [1.165, 1.54) is 31.2 Å². The van der Waals surface area contributed by atoms with Crippen molar-refractivity contribution >= 4 is 33.2 Å². The lowest BCUT2D eigenvalue weighted by Crippen LogP contribution is -2.24. The molecule has 0 radical (unpaired) electrons. The van der Waals surface area contributed by atoms with Crippen LogP contribution in [-0.2, 0) is 19.4 Å². The minimum atomic E-state index is -3.37. The zero-order valence-electron chi connectivity index (χ0n) is 16.6. The summed E-state index contributed by atoms with van der Waals surface area (Å²) in [5, 5.41) is 2.73. The first-order valence-corrected chi connectivity index (χ1v) is 10.8. The topological polar surface area (TPSA) is 107 Å². The summed E-state index contributed by atoms with van der Waals surface area (Å²) in [6.45, 7) is 5.01. The third kappa shape index (κ3) is 5.99. The van der Waals surface area contributed by atoms with Crippen molar-refractivity contribution in [1.82, 2.24) is 0 Å². The first kappa shape index (κ1) is 22.3. The number of anilines is 1. The van der Waals surface area contributed by atoms with Gasteiger partial charge < -0.3 is 10.1 Å². The normalized spacial score (nSPS) is 12.3. The van der Waals surface area contributed by atoms with Gasteiger partial charge in [-0.2, -0.15) is 0 Å². The summed E-state index contributed by atoms with van der Waals surface area (Å²) >= 11 is 0. The maximum Gasteiger partial charge on any atom is 0.338 e. The van der Waals surface area contributed by atoms with Crippen molar-refractivity contribution in [2.45, 2.75) is 31.8 Å². The molecule has 1 N–H and O–H groups in total. The van der Waals surface area contributed by atoms with Crippen LogP contribution in [0.1, 0.15) is 41.5 Å². The largest absolute Gasteiger partial charge is 0.451 e. The highest BCUT2D eigenvalue weighted by atomic mass is 32.2. The predicted molar refractivity (Wildman–Crippen MR) is 109 cm³/mol. The number of ether oxygens (including phenoxy) is 1. The molecule has 0 heterocycles. The van der Waals surface area contributed by atoms with Gasteiger partial charge in [-0.25, -0.2) is 13.2 Å². The molecule has 2 aromatic rings. The van der Waals surface area contributed by atoms with Crippen LogP contribution in [-0.4, -0.2) is 38.4 Å². The lowest BCUT2D eigenvalue weighted by Gasteiger charge is -2.13. The molecule has 0 fully saturated rings. The fraction of sp³-hybridized carbons (Fsp3) is 0.286. The van der Waals surface area contributed by atoms with Crippen LogP contribution in [0.25, 0.3) is 0 Å². The molecule has 2 aromatic carbocycles. The zero-order valence-corrected chi connectivity index (χ0v) is 17.4. The number of esters is 1. The molecular weight excluding hydrogens is 394 g/mol. The van der Waals surface area contributed by atoms with Crippen LogP contribution in [0.3, 0.4) is 0 Å². The van der Waals surface area contributed by atoms with Crippen LogP contribution < -0.4 is 5.32 Å². The first-order valence-electron chi connectivity index (χ1n) is 8.95. The van der Waals surface area contributed by atoms with E-state index in [1.807, 2.05) is 0 Å². The molecule has 0 unspecified atom stereocenters. The van der Waals surface area contributed by atoms with Gasteiger partial charge in [0.05, 0.1) is 10.5 Å². The van der Waals surface area contributed by atoms with Gasteiger partial charge >= 0.3 is 5.97 Å². The average Bonchev–Trinajstić information content (AvgIpc) is 2.67. The molecule has 0 aliphatic rings. The standard InChI is InChI=1S/C21H23NO6S/c1-13(2)20(24)22-17-9-5-15(6-10-17)19(23)14(3)28-21(25)16-7-11-18(12-8-16)29(4,26)27/h5-14H,1-4H3,(H,22,24)/t14-/m0/s1. The highest BCUT2D eigenvalue weighted by Crippen LogP contribution is 2.15. The smallest absolute Gasteiger partial charge is 0.338 e. The van der Waals surface area contributed by atoms with Crippen molar-refractivity contribution in [3.8, 4) is 0 Å². The van der Waals surface area contributed by atoms with Crippen LogP contribution in [0.5, 0.6) is 0 Å². The molecule has 2 rings (SSSR count). The molecule has 0 aromatic heterocycles. The van der Waals surface area contributed by atoms with Gasteiger partial charge in [0, 0.05) is 23.4 Å². The highest BCUT2D eigenvalue weighted by Gasteiger charge is 2.21. The van der Waals surface area contributed by atoms with Crippen molar-refractivity contribution < 1.29 is 27.5 Å². The lowest BCUT2D eigenvalue weighted by molar-refractivity contribution is -0.118. The maximum atomic E-state index is 12.5. The Morgan fingerprint density at radius 3 is 1.86 bits per heavy atom. The number of benzene rings is 2. The number of carbonyl (C=O) groups is 3. The van der Waals surface area contributed by atoms with Crippen molar-refractivity contribution in [2.24, 2.45) is 5.92 Å². The van der Waals surface area contributed by atoms with Gasteiger partial charge in [0.15, 0.2) is 15.9 Å². The number of hydrogen-bond donors (Lipinski definition) is 1. The molecule has 1 atom stereocenters. The summed E-state index contributed by atoms with van der Waals surface area (Å²) in [5.41, 5.74) is 1.04. The van der Waals surface area contributed by atoms with Gasteiger partial charge in [-0.15, -0.1) is 0 Å². The fourth-order valence-electron chi connectivity index (χ4n) is 2.36. The molecule has 7 nitrogen and oxygen atoms in total. The van der Waals surface area contributed by atoms with Gasteiger partial charge in [-0.3, -0.25) is 9.59 Å². The Morgan fingerprint density at radius 1 is 0.862 bits per heavy atom. The van der Waals surface area contributed by atoms with Crippen molar-refractivity contribution in [3.05, 3.63) is 59.7 Å². The van der Waals surface area contributed by atoms with Crippen LogP contribution in [0, 0.1) is 5.92 Å². The van der Waals surface area contributed by atoms with E-state index in [4.69, 9.17) is 4.74 Å². The van der Waals surface area contributed by atoms with E-state index in [-0.39, 0.29) is 22.3 Å². The molecule has 0 bridgehead atoms. The quantitative estimate of drug-likeness (QED) is 0.548. The summed E-state index contributed by atoms with van der Waals surface area (Å²) in [5.74, 6) is -1.42. The number of amides is 1. The number of carbonyl (C=O) groups excluding carboxylic acids is 3. The number of ketones is 1. The third-order valence-corrected chi connectivity index (χ3v) is 5.26. The van der Waals surface area contributed by atoms with Crippen molar-refractivity contribution in [2.75, 3.05) is 11.6 Å². The Hall–Kier alpha value is -3.00. The third-order valence-electron chi connectivity index (χ3n) is 4.13. The SMILES string of the molecule is CC(C)C(=O)Nc1ccc(C(=O)[C@H](C)OC(=O)c2ccc(S(C)(=O)=O)cc2)cc1. The van der Waals surface area contributed by atoms with Gasteiger partial charge in [0.25, 0.3) is 0 Å². The Labute approximate surface area is 170 Å². The Balaban J connectivity index is 2.02. The van der Waals surface area contributed by atoms with E-state index < -0.39 is 27.7 Å². The number of nitrogens with one attached hydrogen (secondary N) is 1. The summed E-state index contributed by atoms with van der Waals surface area (Å²) in [7, 11) is -3.37. The molecule has 154 valence electrons. The Morgan fingerprint density at radius 2 is 1.38 bits per heavy atom. The molecule has 1 amide bonds. The number of sulfone groups is 1. The summed E-state index contributed by atoms with van der Waals surface area (Å²) < 4.78 is 28.1. The van der Waals surface area contributed by atoms with Crippen molar-refractivity contribution in [3.63, 3.8) is 0 Å². The van der Waals surface area contributed by atoms with Crippen molar-refractivity contribution in [1.29, 1.82) is 0 Å².